The van der Waals surface area contributed by atoms with Gasteiger partial charge in [0.1, 0.15) is 0 Å². The fourth-order valence-electron chi connectivity index (χ4n) is 1.75. The van der Waals surface area contributed by atoms with Crippen LogP contribution in [0, 0.1) is 5.41 Å². The molecule has 17 heavy (non-hydrogen) atoms. The van der Waals surface area contributed by atoms with Gasteiger partial charge in [-0.05, 0) is 25.2 Å². The molecule has 0 aromatic carbocycles. The largest absolute Gasteiger partial charge is 0.325 e. The third kappa shape index (κ3) is 4.80. The van der Waals surface area contributed by atoms with Gasteiger partial charge in [0, 0.05) is 19.3 Å². The molecular weight excluding hydrogens is 212 g/mol. The van der Waals surface area contributed by atoms with Gasteiger partial charge in [0.25, 0.3) is 0 Å². The maximum atomic E-state index is 12.0. The van der Waals surface area contributed by atoms with Crippen LogP contribution in [0.2, 0.25) is 0 Å². The highest BCUT2D eigenvalue weighted by atomic mass is 16.2. The normalized spacial score (nSPS) is 18.8. The quantitative estimate of drug-likeness (QED) is 0.744. The number of hydrogen-bond donors (Lipinski definition) is 1. The van der Waals surface area contributed by atoms with E-state index < -0.39 is 0 Å². The van der Waals surface area contributed by atoms with E-state index in [9.17, 15) is 4.79 Å². The minimum absolute atomic E-state index is 0.0514. The van der Waals surface area contributed by atoms with E-state index in [0.717, 1.165) is 25.9 Å². The zero-order valence-electron chi connectivity index (χ0n) is 11.7. The Morgan fingerprint density at radius 1 is 1.12 bits per heavy atom. The molecule has 1 N–H and O–H groups in total. The number of allylic oxidation sites excluding steroid dienone is 1. The molecule has 0 saturated carbocycles. The molecule has 0 aliphatic carbocycles. The van der Waals surface area contributed by atoms with Crippen LogP contribution in [0.25, 0.3) is 0 Å². The first kappa shape index (κ1) is 14.1. The van der Waals surface area contributed by atoms with Crippen LogP contribution in [0.1, 0.15) is 53.4 Å². The van der Waals surface area contributed by atoms with Crippen LogP contribution in [-0.4, -0.2) is 24.0 Å². The number of amides is 2. The molecule has 3 nitrogen and oxygen atoms in total. The van der Waals surface area contributed by atoms with Gasteiger partial charge in [-0.25, -0.2) is 4.79 Å². The van der Waals surface area contributed by atoms with Crippen molar-refractivity contribution in [1.29, 1.82) is 0 Å². The van der Waals surface area contributed by atoms with Crippen molar-refractivity contribution in [2.45, 2.75) is 53.4 Å². The number of rotatable bonds is 1. The first-order valence-electron chi connectivity index (χ1n) is 6.64. The molecule has 0 spiro atoms. The lowest BCUT2D eigenvalue weighted by Crippen LogP contribution is -2.38. The van der Waals surface area contributed by atoms with Gasteiger partial charge in [0.05, 0.1) is 0 Å². The van der Waals surface area contributed by atoms with E-state index in [1.807, 2.05) is 11.1 Å². The summed E-state index contributed by atoms with van der Waals surface area (Å²) in [6.07, 6.45) is 6.62. The van der Waals surface area contributed by atoms with Crippen LogP contribution < -0.4 is 5.32 Å². The molecule has 0 aromatic rings. The Bertz CT molecular complexity index is 281. The lowest BCUT2D eigenvalue weighted by atomic mass is 9.88. The van der Waals surface area contributed by atoms with Crippen molar-refractivity contribution in [2.75, 3.05) is 13.1 Å². The highest BCUT2D eigenvalue weighted by Gasteiger charge is 2.16. The minimum atomic E-state index is 0.0514. The zero-order chi connectivity index (χ0) is 12.9. The average Bonchev–Trinajstić information content (AvgIpc) is 2.52. The highest BCUT2D eigenvalue weighted by molar-refractivity contribution is 5.75. The van der Waals surface area contributed by atoms with E-state index in [1.54, 1.807) is 0 Å². The van der Waals surface area contributed by atoms with E-state index in [1.165, 1.54) is 18.4 Å². The van der Waals surface area contributed by atoms with Crippen LogP contribution in [0.3, 0.4) is 0 Å². The summed E-state index contributed by atoms with van der Waals surface area (Å²) in [6, 6.07) is 0.0514. The smallest absolute Gasteiger partial charge is 0.321 e. The van der Waals surface area contributed by atoms with Crippen molar-refractivity contribution in [3.8, 4) is 0 Å². The summed E-state index contributed by atoms with van der Waals surface area (Å²) in [7, 11) is 0. The molecule has 0 atom stereocenters. The van der Waals surface area contributed by atoms with E-state index in [0.29, 0.717) is 0 Å². The average molecular weight is 238 g/mol. The first-order valence-corrected chi connectivity index (χ1v) is 6.64. The molecular formula is C14H26N2O. The predicted octanol–water partition coefficient (Wildman–Crippen LogP) is 3.52. The second kappa shape index (κ2) is 6.08. The maximum absolute atomic E-state index is 12.0. The number of nitrogens with zero attached hydrogens (tertiary/aromatic N) is 1. The molecule has 98 valence electrons. The molecule has 2 amide bonds. The molecule has 1 fully saturated rings. The first-order chi connectivity index (χ1) is 7.91. The van der Waals surface area contributed by atoms with Gasteiger partial charge >= 0.3 is 6.03 Å². The second-order valence-corrected chi connectivity index (χ2v) is 5.93. The van der Waals surface area contributed by atoms with E-state index in [4.69, 9.17) is 0 Å². The van der Waals surface area contributed by atoms with Crippen molar-refractivity contribution in [1.82, 2.24) is 10.2 Å². The molecule has 3 heteroatoms. The molecule has 0 aromatic heterocycles. The topological polar surface area (TPSA) is 32.3 Å². The monoisotopic (exact) mass is 238 g/mol. The van der Waals surface area contributed by atoms with Gasteiger partial charge in [-0.3, -0.25) is 0 Å². The van der Waals surface area contributed by atoms with Gasteiger partial charge in [0.2, 0.25) is 0 Å². The van der Waals surface area contributed by atoms with Crippen molar-refractivity contribution < 1.29 is 4.79 Å². The number of hydrogen-bond acceptors (Lipinski definition) is 1. The number of likely N-dealkylation sites (tertiary alicyclic amines) is 1. The van der Waals surface area contributed by atoms with Crippen molar-refractivity contribution >= 4 is 6.03 Å². The van der Waals surface area contributed by atoms with Crippen molar-refractivity contribution in [2.24, 2.45) is 5.41 Å². The summed E-state index contributed by atoms with van der Waals surface area (Å²) in [5.41, 5.74) is 1.31. The summed E-state index contributed by atoms with van der Waals surface area (Å²) in [4.78, 5) is 13.9. The van der Waals surface area contributed by atoms with Gasteiger partial charge in [-0.15, -0.1) is 0 Å². The number of nitrogens with one attached hydrogen (secondary N) is 1. The predicted molar refractivity (Wildman–Crippen MR) is 71.8 cm³/mol. The van der Waals surface area contributed by atoms with Gasteiger partial charge in [0.15, 0.2) is 0 Å². The number of carbonyl (C=O) groups excluding carboxylic acids is 1. The Morgan fingerprint density at radius 3 is 2.12 bits per heavy atom. The SMILES string of the molecule is C/C(=C\NC(=O)N1CCCCCC1)C(C)(C)C. The number of carbonyl (C=O) groups is 1. The van der Waals surface area contributed by atoms with Crippen molar-refractivity contribution in [3.63, 3.8) is 0 Å². The summed E-state index contributed by atoms with van der Waals surface area (Å²) in [6.45, 7) is 10.3. The third-order valence-corrected chi connectivity index (χ3v) is 3.49. The van der Waals surface area contributed by atoms with Gasteiger partial charge in [-0.1, -0.05) is 39.2 Å². The molecule has 1 saturated heterocycles. The van der Waals surface area contributed by atoms with Crippen LogP contribution in [0.5, 0.6) is 0 Å². The van der Waals surface area contributed by atoms with Crippen LogP contribution in [0.4, 0.5) is 4.79 Å². The summed E-state index contributed by atoms with van der Waals surface area (Å²) in [5, 5.41) is 2.91. The van der Waals surface area contributed by atoms with E-state index >= 15 is 0 Å². The molecule has 1 aliphatic rings. The summed E-state index contributed by atoms with van der Waals surface area (Å²) < 4.78 is 0. The lowest BCUT2D eigenvalue weighted by Gasteiger charge is -2.22. The van der Waals surface area contributed by atoms with Gasteiger partial charge < -0.3 is 10.2 Å². The van der Waals surface area contributed by atoms with Crippen LogP contribution in [0.15, 0.2) is 11.8 Å². The highest BCUT2D eigenvalue weighted by Crippen LogP contribution is 2.23. The molecule has 0 unspecified atom stereocenters. The summed E-state index contributed by atoms with van der Waals surface area (Å²) in [5.74, 6) is 0. The molecule has 1 aliphatic heterocycles. The van der Waals surface area contributed by atoms with E-state index in [2.05, 4.69) is 33.0 Å². The Kier molecular flexibility index (Phi) is 5.03. The number of urea groups is 1. The maximum Gasteiger partial charge on any atom is 0.321 e. The minimum Gasteiger partial charge on any atom is -0.325 e. The van der Waals surface area contributed by atoms with Gasteiger partial charge in [-0.2, -0.15) is 0 Å². The second-order valence-electron chi connectivity index (χ2n) is 5.93. The Labute approximate surface area is 105 Å². The third-order valence-electron chi connectivity index (χ3n) is 3.49. The Hall–Kier alpha value is -0.990. The lowest BCUT2D eigenvalue weighted by molar-refractivity contribution is 0.203. The van der Waals surface area contributed by atoms with E-state index in [-0.39, 0.29) is 11.4 Å². The standard InChI is InChI=1S/C14H26N2O/c1-12(14(2,3)4)11-15-13(17)16-9-7-5-6-8-10-16/h11H,5-10H2,1-4H3,(H,15,17)/b12-11+. The molecule has 0 radical (unpaired) electrons. The molecule has 1 rings (SSSR count). The zero-order valence-corrected chi connectivity index (χ0v) is 11.7. The van der Waals surface area contributed by atoms with Crippen LogP contribution >= 0.6 is 0 Å². The summed E-state index contributed by atoms with van der Waals surface area (Å²) >= 11 is 0. The van der Waals surface area contributed by atoms with Crippen LogP contribution in [-0.2, 0) is 0 Å². The molecule has 1 heterocycles. The van der Waals surface area contributed by atoms with Crippen molar-refractivity contribution in [3.05, 3.63) is 11.8 Å². The Morgan fingerprint density at radius 2 is 1.65 bits per heavy atom. The fourth-order valence-corrected chi connectivity index (χ4v) is 1.75. The fraction of sp³-hybridized carbons (Fsp3) is 0.786. The Balaban J connectivity index is 2.48. The molecule has 0 bridgehead atoms.